The third-order valence-electron chi connectivity index (χ3n) is 3.42. The second-order valence-electron chi connectivity index (χ2n) is 5.10. The Morgan fingerprint density at radius 3 is 2.44 bits per heavy atom. The van der Waals surface area contributed by atoms with E-state index in [4.69, 9.17) is 34.8 Å². The Bertz CT molecular complexity index is 933. The van der Waals surface area contributed by atoms with Crippen LogP contribution < -0.4 is 5.43 Å². The van der Waals surface area contributed by atoms with Crippen molar-refractivity contribution in [3.8, 4) is 5.69 Å². The van der Waals surface area contributed by atoms with E-state index in [1.807, 2.05) is 47.2 Å². The lowest BCUT2D eigenvalue weighted by molar-refractivity contribution is 0.0955. The summed E-state index contributed by atoms with van der Waals surface area (Å²) in [7, 11) is 0. The first-order chi connectivity index (χ1) is 12.0. The van der Waals surface area contributed by atoms with E-state index >= 15 is 0 Å². The zero-order chi connectivity index (χ0) is 17.8. The molecule has 2 aromatic carbocycles. The van der Waals surface area contributed by atoms with E-state index < -0.39 is 5.91 Å². The van der Waals surface area contributed by atoms with Gasteiger partial charge in [-0.15, -0.1) is 0 Å². The van der Waals surface area contributed by atoms with Crippen molar-refractivity contribution in [3.63, 3.8) is 0 Å². The first-order valence-corrected chi connectivity index (χ1v) is 8.40. The summed E-state index contributed by atoms with van der Waals surface area (Å²) in [5, 5.41) is 5.39. The van der Waals surface area contributed by atoms with Gasteiger partial charge >= 0.3 is 0 Å². The fraction of sp³-hybridized carbons (Fsp3) is 0. The van der Waals surface area contributed by atoms with E-state index in [2.05, 4.69) is 10.5 Å². The average molecular weight is 393 g/mol. The van der Waals surface area contributed by atoms with Gasteiger partial charge in [0.15, 0.2) is 0 Å². The molecule has 4 nitrogen and oxygen atoms in total. The molecule has 0 saturated heterocycles. The molecule has 3 rings (SSSR count). The minimum Gasteiger partial charge on any atom is -0.316 e. The molecule has 25 heavy (non-hydrogen) atoms. The number of hydrogen-bond acceptors (Lipinski definition) is 2. The number of aromatic nitrogens is 1. The van der Waals surface area contributed by atoms with Crippen LogP contribution in [-0.4, -0.2) is 16.7 Å². The molecule has 0 aliphatic rings. The maximum Gasteiger partial charge on any atom is 0.272 e. The Labute approximate surface area is 159 Å². The molecular formula is C18H12Cl3N3O. The summed E-state index contributed by atoms with van der Waals surface area (Å²) in [6, 6.07) is 15.8. The van der Waals surface area contributed by atoms with E-state index in [-0.39, 0.29) is 5.02 Å². The number of halogens is 3. The predicted octanol–water partition coefficient (Wildman–Crippen LogP) is 5.20. The molecular weight excluding hydrogens is 381 g/mol. The van der Waals surface area contributed by atoms with Gasteiger partial charge in [0.25, 0.3) is 5.91 Å². The quantitative estimate of drug-likeness (QED) is 0.481. The maximum absolute atomic E-state index is 12.1. The van der Waals surface area contributed by atoms with E-state index in [1.54, 1.807) is 18.3 Å². The Morgan fingerprint density at radius 2 is 1.72 bits per heavy atom. The minimum absolute atomic E-state index is 0.268. The fourth-order valence-corrected chi connectivity index (χ4v) is 2.85. The summed E-state index contributed by atoms with van der Waals surface area (Å²) in [6.07, 6.45) is 3.44. The molecule has 1 aromatic heterocycles. The lowest BCUT2D eigenvalue weighted by Crippen LogP contribution is -2.18. The molecule has 0 atom stereocenters. The van der Waals surface area contributed by atoms with Gasteiger partial charge in [0.05, 0.1) is 22.5 Å². The van der Waals surface area contributed by atoms with Crippen LogP contribution in [0.3, 0.4) is 0 Å². The molecule has 126 valence electrons. The van der Waals surface area contributed by atoms with Gasteiger partial charge in [0.2, 0.25) is 0 Å². The molecule has 0 unspecified atom stereocenters. The topological polar surface area (TPSA) is 46.4 Å². The van der Waals surface area contributed by atoms with Crippen LogP contribution in [0, 0.1) is 0 Å². The molecule has 1 heterocycles. The number of hydrazone groups is 1. The summed E-state index contributed by atoms with van der Waals surface area (Å²) in [5.74, 6) is -0.414. The number of nitrogens with zero attached hydrogens (tertiary/aromatic N) is 2. The Kier molecular flexibility index (Phi) is 5.43. The molecule has 1 amide bonds. The SMILES string of the molecule is O=C(NN=Cc1cccn1-c1ccc(Cl)cc1)c1ccc(Cl)cc1Cl. The summed E-state index contributed by atoms with van der Waals surface area (Å²) in [4.78, 5) is 12.1. The predicted molar refractivity (Wildman–Crippen MR) is 102 cm³/mol. The summed E-state index contributed by atoms with van der Waals surface area (Å²) in [6.45, 7) is 0. The summed E-state index contributed by atoms with van der Waals surface area (Å²) in [5.41, 5.74) is 4.49. The normalized spacial score (nSPS) is 11.0. The van der Waals surface area contributed by atoms with Gasteiger partial charge in [-0.1, -0.05) is 34.8 Å². The van der Waals surface area contributed by atoms with Crippen LogP contribution in [0.4, 0.5) is 0 Å². The molecule has 7 heteroatoms. The van der Waals surface area contributed by atoms with Crippen LogP contribution in [0.15, 0.2) is 65.9 Å². The number of nitrogens with one attached hydrogen (secondary N) is 1. The van der Waals surface area contributed by atoms with Crippen molar-refractivity contribution >= 4 is 46.9 Å². The van der Waals surface area contributed by atoms with Gasteiger partial charge in [-0.05, 0) is 54.6 Å². The largest absolute Gasteiger partial charge is 0.316 e. The molecule has 1 N–H and O–H groups in total. The smallest absolute Gasteiger partial charge is 0.272 e. The van der Waals surface area contributed by atoms with Gasteiger partial charge in [0, 0.05) is 21.9 Å². The highest BCUT2D eigenvalue weighted by Crippen LogP contribution is 2.20. The van der Waals surface area contributed by atoms with E-state index in [9.17, 15) is 4.79 Å². The highest BCUT2D eigenvalue weighted by molar-refractivity contribution is 6.36. The standard InChI is InChI=1S/C18H12Cl3N3O/c19-12-3-6-14(7-4-12)24-9-1-2-15(24)11-22-23-18(25)16-8-5-13(20)10-17(16)21/h1-11H,(H,23,25). The van der Waals surface area contributed by atoms with Gasteiger partial charge in [0.1, 0.15) is 0 Å². The van der Waals surface area contributed by atoms with Crippen molar-refractivity contribution < 1.29 is 4.79 Å². The van der Waals surface area contributed by atoms with Gasteiger partial charge in [-0.3, -0.25) is 4.79 Å². The van der Waals surface area contributed by atoms with Crippen LogP contribution in [0.2, 0.25) is 15.1 Å². The van der Waals surface area contributed by atoms with Crippen molar-refractivity contribution in [2.24, 2.45) is 5.10 Å². The van der Waals surface area contributed by atoms with Crippen LogP contribution >= 0.6 is 34.8 Å². The molecule has 0 spiro atoms. The molecule has 0 aliphatic heterocycles. The molecule has 3 aromatic rings. The highest BCUT2D eigenvalue weighted by Gasteiger charge is 2.09. The molecule has 0 bridgehead atoms. The summed E-state index contributed by atoms with van der Waals surface area (Å²) >= 11 is 17.7. The van der Waals surface area contributed by atoms with E-state index in [1.165, 1.54) is 6.07 Å². The highest BCUT2D eigenvalue weighted by atomic mass is 35.5. The van der Waals surface area contributed by atoms with Crippen molar-refractivity contribution in [1.82, 2.24) is 9.99 Å². The van der Waals surface area contributed by atoms with Gasteiger partial charge in [-0.2, -0.15) is 5.10 Å². The number of carbonyl (C=O) groups is 1. The fourth-order valence-electron chi connectivity index (χ4n) is 2.23. The van der Waals surface area contributed by atoms with Crippen molar-refractivity contribution in [2.75, 3.05) is 0 Å². The van der Waals surface area contributed by atoms with Crippen LogP contribution in [0.5, 0.6) is 0 Å². The number of amides is 1. The zero-order valence-corrected chi connectivity index (χ0v) is 15.1. The second-order valence-corrected chi connectivity index (χ2v) is 6.38. The van der Waals surface area contributed by atoms with Crippen LogP contribution in [0.1, 0.15) is 16.1 Å². The Hall–Kier alpha value is -2.27. The van der Waals surface area contributed by atoms with Crippen molar-refractivity contribution in [1.29, 1.82) is 0 Å². The first-order valence-electron chi connectivity index (χ1n) is 7.26. The lowest BCUT2D eigenvalue weighted by Gasteiger charge is -2.06. The lowest BCUT2D eigenvalue weighted by atomic mass is 10.2. The van der Waals surface area contributed by atoms with Crippen molar-refractivity contribution in [2.45, 2.75) is 0 Å². The monoisotopic (exact) mass is 391 g/mol. The van der Waals surface area contributed by atoms with Gasteiger partial charge < -0.3 is 4.57 Å². The maximum atomic E-state index is 12.1. The molecule has 0 saturated carbocycles. The van der Waals surface area contributed by atoms with Crippen LogP contribution in [-0.2, 0) is 0 Å². The van der Waals surface area contributed by atoms with Gasteiger partial charge in [-0.25, -0.2) is 5.43 Å². The van der Waals surface area contributed by atoms with Crippen LogP contribution in [0.25, 0.3) is 5.69 Å². The minimum atomic E-state index is -0.414. The number of hydrogen-bond donors (Lipinski definition) is 1. The number of carbonyl (C=O) groups excluding carboxylic acids is 1. The number of rotatable bonds is 4. The zero-order valence-electron chi connectivity index (χ0n) is 12.8. The van der Waals surface area contributed by atoms with E-state index in [0.717, 1.165) is 11.4 Å². The average Bonchev–Trinajstić information content (AvgIpc) is 3.04. The second kappa shape index (κ2) is 7.74. The number of benzene rings is 2. The molecule has 0 fully saturated rings. The first kappa shape index (κ1) is 17.5. The third-order valence-corrected chi connectivity index (χ3v) is 4.22. The molecule has 0 aliphatic carbocycles. The van der Waals surface area contributed by atoms with E-state index in [0.29, 0.717) is 15.6 Å². The Morgan fingerprint density at radius 1 is 1.00 bits per heavy atom. The Balaban J connectivity index is 1.74. The van der Waals surface area contributed by atoms with Crippen molar-refractivity contribution in [3.05, 3.63) is 87.1 Å². The third kappa shape index (κ3) is 4.23. The molecule has 0 radical (unpaired) electrons. The summed E-state index contributed by atoms with van der Waals surface area (Å²) < 4.78 is 1.92.